The van der Waals surface area contributed by atoms with E-state index in [0.29, 0.717) is 23.3 Å². The van der Waals surface area contributed by atoms with E-state index in [4.69, 9.17) is 4.74 Å². The highest BCUT2D eigenvalue weighted by Crippen LogP contribution is 2.23. The van der Waals surface area contributed by atoms with Gasteiger partial charge in [-0.15, -0.1) is 11.3 Å². The number of sulfonamides is 1. The lowest BCUT2D eigenvalue weighted by molar-refractivity contribution is 0.0243. The van der Waals surface area contributed by atoms with Crippen molar-refractivity contribution in [2.75, 3.05) is 33.3 Å². The first-order chi connectivity index (χ1) is 11.0. The Bertz CT molecular complexity index is 608. The third-order valence-corrected chi connectivity index (χ3v) is 6.48. The molecule has 1 aromatic rings. The topological polar surface area (TPSA) is 91.8 Å². The van der Waals surface area contributed by atoms with Crippen LogP contribution in [0.1, 0.15) is 19.8 Å². The Morgan fingerprint density at radius 1 is 1.43 bits per heavy atom. The lowest BCUT2D eigenvalue weighted by Gasteiger charge is -2.24. The van der Waals surface area contributed by atoms with Crippen LogP contribution < -0.4 is 15.4 Å². The van der Waals surface area contributed by atoms with E-state index in [2.05, 4.69) is 27.3 Å². The van der Waals surface area contributed by atoms with Crippen LogP contribution in [0.15, 0.2) is 26.7 Å². The summed E-state index contributed by atoms with van der Waals surface area (Å²) in [4.78, 5) is 4.13. The van der Waals surface area contributed by atoms with Gasteiger partial charge < -0.3 is 15.4 Å². The molecule has 2 heterocycles. The van der Waals surface area contributed by atoms with Crippen molar-refractivity contribution in [3.63, 3.8) is 0 Å². The molecule has 0 aromatic carbocycles. The molecule has 9 heteroatoms. The average molecular weight is 361 g/mol. The zero-order chi connectivity index (χ0) is 16.8. The van der Waals surface area contributed by atoms with E-state index in [0.717, 1.165) is 19.4 Å². The van der Waals surface area contributed by atoms with Crippen LogP contribution in [0.5, 0.6) is 0 Å². The van der Waals surface area contributed by atoms with Gasteiger partial charge in [0, 0.05) is 33.3 Å². The molecule has 2 rings (SSSR count). The number of rotatable bonds is 7. The Hall–Kier alpha value is -1.16. The minimum Gasteiger partial charge on any atom is -0.373 e. The smallest absolute Gasteiger partial charge is 0.250 e. The lowest BCUT2D eigenvalue weighted by Crippen LogP contribution is -2.47. The molecule has 1 aliphatic heterocycles. The highest BCUT2D eigenvalue weighted by Gasteiger charge is 2.29. The number of nitrogens with one attached hydrogen (secondary N) is 3. The summed E-state index contributed by atoms with van der Waals surface area (Å²) < 4.78 is 32.5. The fourth-order valence-corrected chi connectivity index (χ4v) is 4.39. The molecule has 1 fully saturated rings. The van der Waals surface area contributed by atoms with E-state index in [1.807, 2.05) is 0 Å². The number of ether oxygens (including phenoxy) is 1. The first-order valence-electron chi connectivity index (χ1n) is 7.57. The third kappa shape index (κ3) is 5.45. The number of nitrogens with zero attached hydrogens (tertiary/aromatic N) is 1. The highest BCUT2D eigenvalue weighted by atomic mass is 32.2. The van der Waals surface area contributed by atoms with Crippen LogP contribution in [-0.4, -0.2) is 53.3 Å². The lowest BCUT2D eigenvalue weighted by atomic mass is 10.0. The number of aliphatic imine (C=N–C) groups is 1. The second-order valence-corrected chi connectivity index (χ2v) is 8.53. The molecule has 1 aromatic heterocycles. The van der Waals surface area contributed by atoms with Crippen molar-refractivity contribution in [1.29, 1.82) is 0 Å². The van der Waals surface area contributed by atoms with E-state index in [1.165, 1.54) is 11.3 Å². The fourth-order valence-electron chi connectivity index (χ4n) is 2.32. The monoisotopic (exact) mass is 360 g/mol. The van der Waals surface area contributed by atoms with Gasteiger partial charge in [0.2, 0.25) is 10.0 Å². The minimum atomic E-state index is -3.41. The van der Waals surface area contributed by atoms with Crippen molar-refractivity contribution in [2.45, 2.75) is 29.6 Å². The first-order valence-corrected chi connectivity index (χ1v) is 9.93. The minimum absolute atomic E-state index is 0.154. The molecule has 1 atom stereocenters. The maximum absolute atomic E-state index is 12.0. The van der Waals surface area contributed by atoms with Crippen molar-refractivity contribution < 1.29 is 13.2 Å². The van der Waals surface area contributed by atoms with Gasteiger partial charge in [-0.2, -0.15) is 0 Å². The van der Waals surface area contributed by atoms with E-state index in [9.17, 15) is 8.42 Å². The second-order valence-electron chi connectivity index (χ2n) is 5.58. The van der Waals surface area contributed by atoms with E-state index in [-0.39, 0.29) is 12.1 Å². The fraction of sp³-hybridized carbons (Fsp3) is 0.643. The van der Waals surface area contributed by atoms with E-state index < -0.39 is 10.0 Å². The Balaban J connectivity index is 1.70. The summed E-state index contributed by atoms with van der Waals surface area (Å²) in [6, 6.07) is 3.30. The molecule has 0 saturated carbocycles. The van der Waals surface area contributed by atoms with Gasteiger partial charge in [0.05, 0.1) is 5.60 Å². The van der Waals surface area contributed by atoms with Gasteiger partial charge in [0.1, 0.15) is 4.21 Å². The predicted molar refractivity (Wildman–Crippen MR) is 92.5 cm³/mol. The number of hydrogen-bond acceptors (Lipinski definition) is 5. The quantitative estimate of drug-likeness (QED) is 0.379. The molecule has 3 N–H and O–H groups in total. The average Bonchev–Trinajstić information content (AvgIpc) is 3.19. The molecule has 23 heavy (non-hydrogen) atoms. The van der Waals surface area contributed by atoms with Gasteiger partial charge in [0.25, 0.3) is 0 Å². The van der Waals surface area contributed by atoms with Crippen molar-refractivity contribution in [1.82, 2.24) is 15.4 Å². The normalized spacial score (nSPS) is 22.3. The summed E-state index contributed by atoms with van der Waals surface area (Å²) in [6.07, 6.45) is 2.10. The van der Waals surface area contributed by atoms with Crippen LogP contribution in [0, 0.1) is 0 Å². The first kappa shape index (κ1) is 18.2. The summed E-state index contributed by atoms with van der Waals surface area (Å²) in [5.74, 6) is 0.636. The molecular formula is C14H24N4O3S2. The Kier molecular flexibility index (Phi) is 6.40. The molecule has 130 valence electrons. The maximum Gasteiger partial charge on any atom is 0.250 e. The van der Waals surface area contributed by atoms with Crippen molar-refractivity contribution in [3.05, 3.63) is 17.5 Å². The van der Waals surface area contributed by atoms with Crippen LogP contribution in [0.4, 0.5) is 0 Å². The van der Waals surface area contributed by atoms with Crippen molar-refractivity contribution in [2.24, 2.45) is 4.99 Å². The molecule has 1 unspecified atom stereocenters. The summed E-state index contributed by atoms with van der Waals surface area (Å²) in [6.45, 7) is 4.29. The van der Waals surface area contributed by atoms with Gasteiger partial charge in [-0.05, 0) is 31.2 Å². The third-order valence-electron chi connectivity index (χ3n) is 3.62. The summed E-state index contributed by atoms with van der Waals surface area (Å²) in [5.41, 5.74) is -0.154. The van der Waals surface area contributed by atoms with E-state index in [1.54, 1.807) is 24.6 Å². The molecule has 0 bridgehead atoms. The van der Waals surface area contributed by atoms with Crippen molar-refractivity contribution in [3.8, 4) is 0 Å². The molecule has 0 radical (unpaired) electrons. The molecule has 0 spiro atoms. The predicted octanol–water partition coefficient (Wildman–Crippen LogP) is 0.760. The number of thiophene rings is 1. The van der Waals surface area contributed by atoms with Gasteiger partial charge in [-0.3, -0.25) is 4.99 Å². The zero-order valence-corrected chi connectivity index (χ0v) is 15.1. The van der Waals surface area contributed by atoms with Gasteiger partial charge in [0.15, 0.2) is 5.96 Å². The second kappa shape index (κ2) is 8.09. The van der Waals surface area contributed by atoms with E-state index >= 15 is 0 Å². The summed E-state index contributed by atoms with van der Waals surface area (Å²) in [5, 5.41) is 8.04. The molecule has 0 aliphatic carbocycles. The van der Waals surface area contributed by atoms with Gasteiger partial charge >= 0.3 is 0 Å². The van der Waals surface area contributed by atoms with Crippen LogP contribution >= 0.6 is 11.3 Å². The number of guanidine groups is 1. The largest absolute Gasteiger partial charge is 0.373 e. The Morgan fingerprint density at radius 2 is 2.26 bits per heavy atom. The van der Waals surface area contributed by atoms with Crippen molar-refractivity contribution >= 4 is 27.3 Å². The summed E-state index contributed by atoms with van der Waals surface area (Å²) in [7, 11) is -1.73. The van der Waals surface area contributed by atoms with Crippen LogP contribution in [0.3, 0.4) is 0 Å². The standard InChI is InChI=1S/C14H24N4O3S2/c1-14(6-4-9-21-14)11-17-13(15-2)16-7-8-18-23(19,20)12-5-3-10-22-12/h3,5,10,18H,4,6-9,11H2,1-2H3,(H2,15,16,17). The molecule has 0 amide bonds. The molecule has 7 nitrogen and oxygen atoms in total. The summed E-state index contributed by atoms with van der Waals surface area (Å²) >= 11 is 1.20. The Morgan fingerprint density at radius 3 is 2.87 bits per heavy atom. The SMILES string of the molecule is CN=C(NCCNS(=O)(=O)c1cccs1)NCC1(C)CCCO1. The molecular weight excluding hydrogens is 336 g/mol. The van der Waals surface area contributed by atoms with Gasteiger partial charge in [-0.25, -0.2) is 13.1 Å². The molecule has 1 saturated heterocycles. The van der Waals surface area contributed by atoms with Gasteiger partial charge in [-0.1, -0.05) is 6.07 Å². The van der Waals surface area contributed by atoms with Crippen LogP contribution in [0.2, 0.25) is 0 Å². The zero-order valence-electron chi connectivity index (χ0n) is 13.5. The number of hydrogen-bond donors (Lipinski definition) is 3. The van der Waals surface area contributed by atoms with Crippen LogP contribution in [-0.2, 0) is 14.8 Å². The Labute approximate surface area is 141 Å². The maximum atomic E-state index is 12.0. The highest BCUT2D eigenvalue weighted by molar-refractivity contribution is 7.91. The molecule has 1 aliphatic rings. The van der Waals surface area contributed by atoms with Crippen LogP contribution in [0.25, 0.3) is 0 Å².